The monoisotopic (exact) mass is 420 g/mol. The number of hydrogen-bond acceptors (Lipinski definition) is 5. The van der Waals surface area contributed by atoms with Gasteiger partial charge in [-0.05, 0) is 36.8 Å². The van der Waals surface area contributed by atoms with Crippen molar-refractivity contribution >= 4 is 56.0 Å². The topological polar surface area (TPSA) is 101 Å². The van der Waals surface area contributed by atoms with Crippen LogP contribution in [0.5, 0.6) is 0 Å². The summed E-state index contributed by atoms with van der Waals surface area (Å²) in [5.74, 6) is -0.245. The highest BCUT2D eigenvalue weighted by Crippen LogP contribution is 2.26. The van der Waals surface area contributed by atoms with Gasteiger partial charge in [0.25, 0.3) is 5.69 Å². The molecule has 7 nitrogen and oxygen atoms in total. The van der Waals surface area contributed by atoms with Crippen LogP contribution in [0.4, 0.5) is 11.4 Å². The van der Waals surface area contributed by atoms with Gasteiger partial charge in [-0.2, -0.15) is 0 Å². The van der Waals surface area contributed by atoms with Gasteiger partial charge in [-0.3, -0.25) is 14.9 Å². The van der Waals surface area contributed by atoms with Crippen LogP contribution in [0, 0.1) is 17.0 Å². The number of nitrogens with one attached hydrogen (secondary N) is 2. The average Bonchev–Trinajstić information content (AvgIpc) is 2.96. The molecule has 0 bridgehead atoms. The first-order valence-electron chi connectivity index (χ1n) is 7.25. The van der Waals surface area contributed by atoms with Gasteiger partial charge in [0.2, 0.25) is 5.91 Å². The van der Waals surface area contributed by atoms with Crippen molar-refractivity contribution in [2.75, 3.05) is 11.1 Å². The maximum absolute atomic E-state index is 12.1. The van der Waals surface area contributed by atoms with E-state index in [-0.39, 0.29) is 23.0 Å². The molecule has 0 saturated carbocycles. The smallest absolute Gasteiger partial charge is 0.293 e. The minimum atomic E-state index is -0.507. The highest BCUT2D eigenvalue weighted by atomic mass is 79.9. The molecule has 0 aliphatic heterocycles. The number of fused-ring (bicyclic) bond motifs is 1. The summed E-state index contributed by atoms with van der Waals surface area (Å²) in [6.45, 7) is 1.76. The number of rotatable bonds is 5. The number of H-pyrrole nitrogens is 1. The van der Waals surface area contributed by atoms with Crippen LogP contribution in [0.3, 0.4) is 0 Å². The van der Waals surface area contributed by atoms with Gasteiger partial charge in [0.05, 0.1) is 21.7 Å². The molecule has 1 heterocycles. The van der Waals surface area contributed by atoms with Crippen LogP contribution in [-0.4, -0.2) is 26.6 Å². The fraction of sp³-hybridized carbons (Fsp3) is 0.125. The van der Waals surface area contributed by atoms with E-state index < -0.39 is 4.92 Å². The molecule has 0 unspecified atom stereocenters. The van der Waals surface area contributed by atoms with E-state index in [0.29, 0.717) is 5.16 Å². The van der Waals surface area contributed by atoms with E-state index in [1.807, 2.05) is 18.2 Å². The summed E-state index contributed by atoms with van der Waals surface area (Å²) >= 11 is 4.62. The second-order valence-electron chi connectivity index (χ2n) is 5.32. The highest BCUT2D eigenvalue weighted by Gasteiger charge is 2.16. The maximum atomic E-state index is 12.1. The summed E-state index contributed by atoms with van der Waals surface area (Å²) in [5.41, 5.74) is 2.50. The van der Waals surface area contributed by atoms with Crippen molar-refractivity contribution in [1.29, 1.82) is 0 Å². The first kappa shape index (κ1) is 17.4. The Hall–Kier alpha value is -2.39. The van der Waals surface area contributed by atoms with Gasteiger partial charge in [-0.1, -0.05) is 33.8 Å². The van der Waals surface area contributed by atoms with Gasteiger partial charge in [0.15, 0.2) is 5.16 Å². The third kappa shape index (κ3) is 4.18. The standard InChI is InChI=1S/C16H13BrN4O3S/c1-9-2-4-12(14(6-9)21(23)24)18-15(22)8-25-16-19-11-5-3-10(17)7-13(11)20-16/h2-7H,8H2,1H3,(H,18,22)(H,19,20). The number of benzene rings is 2. The molecule has 1 amide bonds. The molecule has 3 aromatic rings. The van der Waals surface area contributed by atoms with Gasteiger partial charge >= 0.3 is 0 Å². The third-order valence-corrected chi connectivity index (χ3v) is 4.75. The van der Waals surface area contributed by atoms with Crippen LogP contribution in [0.25, 0.3) is 11.0 Å². The largest absolute Gasteiger partial charge is 0.333 e. The molecule has 0 radical (unpaired) electrons. The molecular formula is C16H13BrN4O3S. The molecule has 3 rings (SSSR count). The molecular weight excluding hydrogens is 408 g/mol. The van der Waals surface area contributed by atoms with E-state index in [0.717, 1.165) is 21.1 Å². The Labute approximate surface area is 155 Å². The van der Waals surface area contributed by atoms with Crippen LogP contribution in [0.1, 0.15) is 5.56 Å². The molecule has 2 aromatic carbocycles. The van der Waals surface area contributed by atoms with Crippen LogP contribution in [-0.2, 0) is 4.79 Å². The number of nitro benzene ring substituents is 1. The molecule has 0 aliphatic rings. The lowest BCUT2D eigenvalue weighted by molar-refractivity contribution is -0.384. The minimum absolute atomic E-state index is 0.0893. The fourth-order valence-electron chi connectivity index (χ4n) is 2.25. The van der Waals surface area contributed by atoms with E-state index in [9.17, 15) is 14.9 Å². The van der Waals surface area contributed by atoms with Crippen LogP contribution < -0.4 is 5.32 Å². The van der Waals surface area contributed by atoms with Crippen molar-refractivity contribution < 1.29 is 9.72 Å². The van der Waals surface area contributed by atoms with Crippen molar-refractivity contribution in [3.05, 3.63) is 56.5 Å². The van der Waals surface area contributed by atoms with Crippen LogP contribution >= 0.6 is 27.7 Å². The molecule has 0 atom stereocenters. The molecule has 25 heavy (non-hydrogen) atoms. The van der Waals surface area contributed by atoms with Gasteiger partial charge < -0.3 is 10.3 Å². The van der Waals surface area contributed by atoms with E-state index >= 15 is 0 Å². The molecule has 0 fully saturated rings. The van der Waals surface area contributed by atoms with Gasteiger partial charge in [0, 0.05) is 10.5 Å². The van der Waals surface area contributed by atoms with Crippen molar-refractivity contribution in [3.63, 3.8) is 0 Å². The van der Waals surface area contributed by atoms with Crippen molar-refractivity contribution in [3.8, 4) is 0 Å². The second kappa shape index (κ2) is 7.24. The van der Waals surface area contributed by atoms with Crippen LogP contribution in [0.2, 0.25) is 0 Å². The zero-order chi connectivity index (χ0) is 18.0. The second-order valence-corrected chi connectivity index (χ2v) is 7.20. The molecule has 0 spiro atoms. The Morgan fingerprint density at radius 3 is 2.92 bits per heavy atom. The Bertz CT molecular complexity index is 973. The summed E-state index contributed by atoms with van der Waals surface area (Å²) in [5, 5.41) is 14.3. The zero-order valence-corrected chi connectivity index (χ0v) is 15.5. The summed E-state index contributed by atoms with van der Waals surface area (Å²) in [4.78, 5) is 30.2. The third-order valence-electron chi connectivity index (χ3n) is 3.39. The minimum Gasteiger partial charge on any atom is -0.333 e. The maximum Gasteiger partial charge on any atom is 0.293 e. The Morgan fingerprint density at radius 2 is 2.16 bits per heavy atom. The number of thioether (sulfide) groups is 1. The molecule has 0 aliphatic carbocycles. The first-order valence-corrected chi connectivity index (χ1v) is 9.03. The number of anilines is 1. The van der Waals surface area contributed by atoms with Gasteiger partial charge in [-0.15, -0.1) is 0 Å². The molecule has 128 valence electrons. The van der Waals surface area contributed by atoms with E-state index in [2.05, 4.69) is 31.2 Å². The number of carbonyl (C=O) groups excluding carboxylic acids is 1. The average molecular weight is 421 g/mol. The number of aryl methyl sites for hydroxylation is 1. The number of imidazole rings is 1. The summed E-state index contributed by atoms with van der Waals surface area (Å²) < 4.78 is 0.935. The Morgan fingerprint density at radius 1 is 1.36 bits per heavy atom. The van der Waals surface area contributed by atoms with Gasteiger partial charge in [0.1, 0.15) is 5.69 Å². The first-order chi connectivity index (χ1) is 11.9. The number of aromatic nitrogens is 2. The number of aromatic amines is 1. The van der Waals surface area contributed by atoms with Crippen molar-refractivity contribution in [2.24, 2.45) is 0 Å². The number of nitro groups is 1. The summed E-state index contributed by atoms with van der Waals surface area (Å²) in [6, 6.07) is 10.3. The fourth-order valence-corrected chi connectivity index (χ4v) is 3.29. The van der Waals surface area contributed by atoms with E-state index in [4.69, 9.17) is 0 Å². The van der Waals surface area contributed by atoms with Crippen molar-refractivity contribution in [2.45, 2.75) is 12.1 Å². The summed E-state index contributed by atoms with van der Waals surface area (Å²) in [7, 11) is 0. The number of hydrogen-bond donors (Lipinski definition) is 2. The predicted octanol–water partition coefficient (Wildman–Crippen LogP) is 4.27. The van der Waals surface area contributed by atoms with Crippen molar-refractivity contribution in [1.82, 2.24) is 9.97 Å². The number of amides is 1. The van der Waals surface area contributed by atoms with Crippen LogP contribution in [0.15, 0.2) is 46.0 Å². The van der Waals surface area contributed by atoms with E-state index in [1.165, 1.54) is 23.9 Å². The Kier molecular flexibility index (Phi) is 5.05. The van der Waals surface area contributed by atoms with Gasteiger partial charge in [-0.25, -0.2) is 4.98 Å². The SMILES string of the molecule is Cc1ccc(NC(=O)CSc2nc3ccc(Br)cc3[nH]2)c([N+](=O)[O-])c1. The number of nitrogens with zero attached hydrogens (tertiary/aromatic N) is 2. The highest BCUT2D eigenvalue weighted by molar-refractivity contribution is 9.10. The molecule has 0 saturated heterocycles. The lowest BCUT2D eigenvalue weighted by Crippen LogP contribution is -2.15. The quantitative estimate of drug-likeness (QED) is 0.364. The molecule has 2 N–H and O–H groups in total. The molecule has 9 heteroatoms. The Balaban J connectivity index is 1.67. The zero-order valence-electron chi connectivity index (χ0n) is 13.1. The number of halogens is 1. The predicted molar refractivity (Wildman–Crippen MR) is 101 cm³/mol. The molecule has 1 aromatic heterocycles. The summed E-state index contributed by atoms with van der Waals surface area (Å²) in [6.07, 6.45) is 0. The lowest BCUT2D eigenvalue weighted by Gasteiger charge is -2.06. The normalized spacial score (nSPS) is 10.8. The number of carbonyl (C=O) groups is 1. The van der Waals surface area contributed by atoms with E-state index in [1.54, 1.807) is 13.0 Å². The lowest BCUT2D eigenvalue weighted by atomic mass is 10.2.